The van der Waals surface area contributed by atoms with Crippen LogP contribution in [0.5, 0.6) is 11.6 Å². The molecule has 2 heterocycles. The predicted octanol–water partition coefficient (Wildman–Crippen LogP) is 4.79. The fraction of sp³-hybridized carbons (Fsp3) is 0.136. The van der Waals surface area contributed by atoms with Gasteiger partial charge in [-0.05, 0) is 37.3 Å². The Morgan fingerprint density at radius 2 is 1.64 bits per heavy atom. The van der Waals surface area contributed by atoms with Gasteiger partial charge < -0.3 is 14.0 Å². The van der Waals surface area contributed by atoms with E-state index in [1.165, 1.54) is 5.56 Å². The van der Waals surface area contributed by atoms with E-state index in [1.807, 2.05) is 48.5 Å². The third-order valence-corrected chi connectivity index (χ3v) is 4.38. The Balaban J connectivity index is 1.69. The van der Waals surface area contributed by atoms with E-state index in [4.69, 9.17) is 14.0 Å². The molecule has 4 aromatic rings. The van der Waals surface area contributed by atoms with Crippen LogP contribution in [-0.2, 0) is 0 Å². The number of nitrogens with zero attached hydrogens (tertiary/aromatic N) is 3. The van der Waals surface area contributed by atoms with Crippen molar-refractivity contribution in [2.75, 3.05) is 14.2 Å². The van der Waals surface area contributed by atoms with Gasteiger partial charge in [-0.2, -0.15) is 4.98 Å². The standard InChI is InChI=1S/C22H19N3O3/c1-14-7-9-15(10-8-14)19-12-11-18(22(23-19)27-3)20-24-21(28-25-20)16-5-4-6-17(13-16)26-2/h4-13H,1-3H3. The number of hydrogen-bond acceptors (Lipinski definition) is 6. The lowest BCUT2D eigenvalue weighted by atomic mass is 10.1. The van der Waals surface area contributed by atoms with Gasteiger partial charge in [0.25, 0.3) is 5.89 Å². The van der Waals surface area contributed by atoms with Crippen molar-refractivity contribution in [2.45, 2.75) is 6.92 Å². The summed E-state index contributed by atoms with van der Waals surface area (Å²) < 4.78 is 16.2. The van der Waals surface area contributed by atoms with Crippen LogP contribution in [0.25, 0.3) is 34.1 Å². The van der Waals surface area contributed by atoms with Crippen molar-refractivity contribution in [3.63, 3.8) is 0 Å². The summed E-state index contributed by atoms with van der Waals surface area (Å²) in [7, 11) is 3.19. The fourth-order valence-corrected chi connectivity index (χ4v) is 2.86. The minimum absolute atomic E-state index is 0.401. The Labute approximate surface area is 162 Å². The molecular formula is C22H19N3O3. The van der Waals surface area contributed by atoms with E-state index in [9.17, 15) is 0 Å². The zero-order valence-electron chi connectivity index (χ0n) is 15.8. The Bertz CT molecular complexity index is 1100. The fourth-order valence-electron chi connectivity index (χ4n) is 2.86. The van der Waals surface area contributed by atoms with Crippen molar-refractivity contribution < 1.29 is 14.0 Å². The molecule has 28 heavy (non-hydrogen) atoms. The van der Waals surface area contributed by atoms with Gasteiger partial charge in [0.2, 0.25) is 11.7 Å². The molecule has 0 aliphatic carbocycles. The van der Waals surface area contributed by atoms with Crippen molar-refractivity contribution in [1.29, 1.82) is 0 Å². The lowest BCUT2D eigenvalue weighted by Crippen LogP contribution is -1.95. The van der Waals surface area contributed by atoms with Crippen LogP contribution in [0.15, 0.2) is 65.2 Å². The van der Waals surface area contributed by atoms with Crippen molar-refractivity contribution in [2.24, 2.45) is 0 Å². The summed E-state index contributed by atoms with van der Waals surface area (Å²) in [5, 5.41) is 4.09. The zero-order chi connectivity index (χ0) is 19.5. The average molecular weight is 373 g/mol. The van der Waals surface area contributed by atoms with Gasteiger partial charge in [0.1, 0.15) is 5.75 Å². The van der Waals surface area contributed by atoms with Crippen LogP contribution >= 0.6 is 0 Å². The van der Waals surface area contributed by atoms with Crippen molar-refractivity contribution in [3.05, 3.63) is 66.2 Å². The highest BCUT2D eigenvalue weighted by Crippen LogP contribution is 2.31. The number of aromatic nitrogens is 3. The van der Waals surface area contributed by atoms with E-state index >= 15 is 0 Å². The summed E-state index contributed by atoms with van der Waals surface area (Å²) in [6, 6.07) is 19.4. The van der Waals surface area contributed by atoms with E-state index in [0.29, 0.717) is 23.2 Å². The maximum Gasteiger partial charge on any atom is 0.258 e. The van der Waals surface area contributed by atoms with Gasteiger partial charge in [-0.3, -0.25) is 0 Å². The maximum atomic E-state index is 5.48. The second-order valence-electron chi connectivity index (χ2n) is 6.27. The highest BCUT2D eigenvalue weighted by atomic mass is 16.5. The topological polar surface area (TPSA) is 70.3 Å². The van der Waals surface area contributed by atoms with E-state index in [-0.39, 0.29) is 0 Å². The van der Waals surface area contributed by atoms with Crippen molar-refractivity contribution >= 4 is 0 Å². The normalized spacial score (nSPS) is 10.7. The quantitative estimate of drug-likeness (QED) is 0.501. The molecule has 140 valence electrons. The SMILES string of the molecule is COc1cccc(-c2nc(-c3ccc(-c4ccc(C)cc4)nc3OC)no2)c1. The Morgan fingerprint density at radius 1 is 0.821 bits per heavy atom. The molecule has 0 saturated heterocycles. The van der Waals surface area contributed by atoms with Crippen LogP contribution in [0.1, 0.15) is 5.56 Å². The second-order valence-corrected chi connectivity index (χ2v) is 6.27. The van der Waals surface area contributed by atoms with Gasteiger partial charge >= 0.3 is 0 Å². The van der Waals surface area contributed by atoms with Crippen LogP contribution in [0.4, 0.5) is 0 Å². The third-order valence-electron chi connectivity index (χ3n) is 4.38. The highest BCUT2D eigenvalue weighted by molar-refractivity contribution is 5.69. The highest BCUT2D eigenvalue weighted by Gasteiger charge is 2.17. The van der Waals surface area contributed by atoms with Gasteiger partial charge in [-0.25, -0.2) is 4.98 Å². The minimum atomic E-state index is 0.401. The predicted molar refractivity (Wildman–Crippen MR) is 106 cm³/mol. The smallest absolute Gasteiger partial charge is 0.258 e. The molecular weight excluding hydrogens is 354 g/mol. The summed E-state index contributed by atoms with van der Waals surface area (Å²) >= 11 is 0. The number of methoxy groups -OCH3 is 2. The molecule has 2 aromatic carbocycles. The molecule has 0 unspecified atom stereocenters. The first-order chi connectivity index (χ1) is 13.7. The number of aryl methyl sites for hydroxylation is 1. The van der Waals surface area contributed by atoms with Gasteiger partial charge in [0.15, 0.2) is 0 Å². The number of ether oxygens (including phenoxy) is 2. The number of hydrogen-bond donors (Lipinski definition) is 0. The molecule has 6 heteroatoms. The first-order valence-corrected chi connectivity index (χ1v) is 8.78. The van der Waals surface area contributed by atoms with Crippen LogP contribution in [-0.4, -0.2) is 29.3 Å². The second kappa shape index (κ2) is 7.52. The molecule has 0 radical (unpaired) electrons. The summed E-state index contributed by atoms with van der Waals surface area (Å²) in [5.41, 5.74) is 4.47. The molecule has 0 amide bonds. The molecule has 0 atom stereocenters. The molecule has 4 rings (SSSR count). The molecule has 6 nitrogen and oxygen atoms in total. The summed E-state index contributed by atoms with van der Waals surface area (Å²) in [6.07, 6.45) is 0. The van der Waals surface area contributed by atoms with E-state index in [0.717, 1.165) is 22.6 Å². The molecule has 0 spiro atoms. The van der Waals surface area contributed by atoms with Gasteiger partial charge in [-0.15, -0.1) is 0 Å². The van der Waals surface area contributed by atoms with Crippen LogP contribution < -0.4 is 9.47 Å². The van der Waals surface area contributed by atoms with E-state index in [2.05, 4.69) is 34.2 Å². The molecule has 0 aliphatic heterocycles. The molecule has 0 saturated carbocycles. The monoisotopic (exact) mass is 373 g/mol. The Kier molecular flexibility index (Phi) is 4.76. The molecule has 0 N–H and O–H groups in total. The molecule has 0 aliphatic rings. The zero-order valence-corrected chi connectivity index (χ0v) is 15.8. The molecule has 2 aromatic heterocycles. The summed E-state index contributed by atoms with van der Waals surface area (Å²) in [6.45, 7) is 2.05. The summed E-state index contributed by atoms with van der Waals surface area (Å²) in [4.78, 5) is 9.11. The molecule has 0 fully saturated rings. The Morgan fingerprint density at radius 3 is 2.39 bits per heavy atom. The van der Waals surface area contributed by atoms with Crippen LogP contribution in [0.3, 0.4) is 0 Å². The van der Waals surface area contributed by atoms with E-state index in [1.54, 1.807) is 14.2 Å². The first-order valence-electron chi connectivity index (χ1n) is 8.78. The van der Waals surface area contributed by atoms with Gasteiger partial charge in [0.05, 0.1) is 25.5 Å². The van der Waals surface area contributed by atoms with Crippen molar-refractivity contribution in [3.8, 4) is 45.7 Å². The minimum Gasteiger partial charge on any atom is -0.497 e. The summed E-state index contributed by atoms with van der Waals surface area (Å²) in [5.74, 6) is 1.98. The number of pyridine rings is 1. The first kappa shape index (κ1) is 17.7. The largest absolute Gasteiger partial charge is 0.497 e. The van der Waals surface area contributed by atoms with Gasteiger partial charge in [-0.1, -0.05) is 41.1 Å². The number of rotatable bonds is 5. The Hall–Kier alpha value is -3.67. The third kappa shape index (κ3) is 3.44. The number of benzene rings is 2. The van der Waals surface area contributed by atoms with Crippen LogP contribution in [0.2, 0.25) is 0 Å². The lowest BCUT2D eigenvalue weighted by Gasteiger charge is -2.07. The maximum absolute atomic E-state index is 5.48. The van der Waals surface area contributed by atoms with Crippen LogP contribution in [0, 0.1) is 6.92 Å². The molecule has 0 bridgehead atoms. The average Bonchev–Trinajstić information content (AvgIpc) is 3.24. The van der Waals surface area contributed by atoms with E-state index < -0.39 is 0 Å². The van der Waals surface area contributed by atoms with Gasteiger partial charge in [0, 0.05) is 11.1 Å². The lowest BCUT2D eigenvalue weighted by molar-refractivity contribution is 0.398. The van der Waals surface area contributed by atoms with Crippen molar-refractivity contribution in [1.82, 2.24) is 15.1 Å².